The number of rotatable bonds is 8. The van der Waals surface area contributed by atoms with Gasteiger partial charge in [-0.15, -0.1) is 0 Å². The molecule has 0 spiro atoms. The molecule has 180 valence electrons. The number of benzene rings is 2. The van der Waals surface area contributed by atoms with Crippen LogP contribution in [0.2, 0.25) is 5.02 Å². The summed E-state index contributed by atoms with van der Waals surface area (Å²) in [6, 6.07) is 17.3. The number of aliphatic hydroxyl groups excluding tert-OH is 1. The van der Waals surface area contributed by atoms with Gasteiger partial charge in [-0.25, -0.2) is 4.39 Å². The van der Waals surface area contributed by atoms with Crippen molar-refractivity contribution in [3.63, 3.8) is 0 Å². The molecule has 2 atom stereocenters. The monoisotopic (exact) mass is 494 g/mol. The van der Waals surface area contributed by atoms with Crippen LogP contribution in [0.3, 0.4) is 0 Å². The Morgan fingerprint density at radius 3 is 2.63 bits per heavy atom. The maximum atomic E-state index is 15.0. The Balaban J connectivity index is 1.66. The lowest BCUT2D eigenvalue weighted by molar-refractivity contribution is -0.0277. The minimum Gasteiger partial charge on any atom is -0.393 e. The topological polar surface area (TPSA) is 111 Å². The fourth-order valence-corrected chi connectivity index (χ4v) is 3.83. The van der Waals surface area contributed by atoms with Crippen LogP contribution in [0.15, 0.2) is 72.9 Å². The van der Waals surface area contributed by atoms with E-state index in [9.17, 15) is 19.4 Å². The molecule has 2 aromatic heterocycles. The third kappa shape index (κ3) is 5.57. The van der Waals surface area contributed by atoms with Crippen molar-refractivity contribution < 1.29 is 19.4 Å². The van der Waals surface area contributed by atoms with E-state index < -0.39 is 30.0 Å². The quantitative estimate of drug-likeness (QED) is 0.296. The zero-order valence-corrected chi connectivity index (χ0v) is 19.6. The first-order chi connectivity index (χ1) is 16.8. The van der Waals surface area contributed by atoms with Crippen molar-refractivity contribution in [2.75, 3.05) is 6.61 Å². The fraction of sp³-hybridized carbons (Fsp3) is 0.192. The molecule has 0 saturated heterocycles. The molecule has 2 heterocycles. The number of pyridine rings is 1. The van der Waals surface area contributed by atoms with Gasteiger partial charge in [-0.3, -0.25) is 14.9 Å². The molecule has 4 aromatic rings. The van der Waals surface area contributed by atoms with Gasteiger partial charge in [-0.1, -0.05) is 35.9 Å². The van der Waals surface area contributed by atoms with Crippen LogP contribution >= 0.6 is 11.6 Å². The number of hydrogen-bond acceptors (Lipinski definition) is 5. The largest absolute Gasteiger partial charge is 0.393 e. The predicted molar refractivity (Wildman–Crippen MR) is 131 cm³/mol. The second kappa shape index (κ2) is 10.4. The van der Waals surface area contributed by atoms with E-state index in [1.54, 1.807) is 54.7 Å². The van der Waals surface area contributed by atoms with Gasteiger partial charge in [0.25, 0.3) is 5.91 Å². The van der Waals surface area contributed by atoms with Crippen LogP contribution in [-0.2, 0) is 6.42 Å². The van der Waals surface area contributed by atoms with Crippen molar-refractivity contribution in [2.45, 2.75) is 25.0 Å². The van der Waals surface area contributed by atoms with Crippen molar-refractivity contribution in [1.82, 2.24) is 20.5 Å². The molecule has 7 nitrogen and oxygen atoms in total. The van der Waals surface area contributed by atoms with Crippen LogP contribution in [0.5, 0.6) is 0 Å². The predicted octanol–water partition coefficient (Wildman–Crippen LogP) is 4.02. The normalized spacial score (nSPS) is 13.7. The SMILES string of the molecule is CC(O)(CO)[C@@H](Cc1ccccn1)NC(=O)c1cccc(F)c1-c1cc(-c2ccc(Cl)cc2)[nH]n1. The molecule has 4 rings (SSSR count). The molecule has 9 heteroatoms. The first-order valence-electron chi connectivity index (χ1n) is 10.9. The molecule has 0 fully saturated rings. The molecule has 0 aliphatic heterocycles. The van der Waals surface area contributed by atoms with Gasteiger partial charge in [-0.05, 0) is 55.0 Å². The number of nitrogens with one attached hydrogen (secondary N) is 2. The lowest BCUT2D eigenvalue weighted by Crippen LogP contribution is -2.54. The van der Waals surface area contributed by atoms with Crippen LogP contribution in [0.1, 0.15) is 23.0 Å². The van der Waals surface area contributed by atoms with Crippen LogP contribution in [0, 0.1) is 5.82 Å². The standard InChI is InChI=1S/C26H24ClFN4O3/c1-26(35,15-33)23(13-18-5-2-3-12-29-18)30-25(34)19-6-4-7-20(28)24(19)22-14-21(31-32-22)16-8-10-17(27)11-9-16/h2-12,14,23,33,35H,13,15H2,1H3,(H,30,34)(H,31,32)/t23-,26?/m1/s1. The minimum atomic E-state index is -1.64. The number of aliphatic hydroxyl groups is 2. The zero-order valence-electron chi connectivity index (χ0n) is 18.9. The Bertz CT molecular complexity index is 1310. The Morgan fingerprint density at radius 1 is 1.17 bits per heavy atom. The zero-order chi connectivity index (χ0) is 25.0. The van der Waals surface area contributed by atoms with Gasteiger partial charge in [0.2, 0.25) is 0 Å². The summed E-state index contributed by atoms with van der Waals surface area (Å²) in [6.07, 6.45) is 1.76. The molecule has 1 unspecified atom stereocenters. The Labute approximate surface area is 206 Å². The van der Waals surface area contributed by atoms with E-state index in [1.807, 2.05) is 0 Å². The van der Waals surface area contributed by atoms with Crippen molar-refractivity contribution in [3.05, 3.63) is 95.0 Å². The summed E-state index contributed by atoms with van der Waals surface area (Å²) in [5.41, 5.74) is 0.696. The van der Waals surface area contributed by atoms with Gasteiger partial charge in [0.1, 0.15) is 11.4 Å². The van der Waals surface area contributed by atoms with Gasteiger partial charge < -0.3 is 15.5 Å². The highest BCUT2D eigenvalue weighted by atomic mass is 35.5. The van der Waals surface area contributed by atoms with E-state index in [4.69, 9.17) is 11.6 Å². The third-order valence-corrected chi connectivity index (χ3v) is 6.01. The summed E-state index contributed by atoms with van der Waals surface area (Å²) in [5, 5.41) is 30.9. The van der Waals surface area contributed by atoms with Crippen LogP contribution in [0.25, 0.3) is 22.5 Å². The number of amides is 1. The van der Waals surface area contributed by atoms with E-state index in [1.165, 1.54) is 25.1 Å². The minimum absolute atomic E-state index is 0.0155. The molecule has 0 saturated carbocycles. The third-order valence-electron chi connectivity index (χ3n) is 5.76. The lowest BCUT2D eigenvalue weighted by Gasteiger charge is -2.32. The Morgan fingerprint density at radius 2 is 1.94 bits per heavy atom. The second-order valence-corrected chi connectivity index (χ2v) is 8.84. The fourth-order valence-electron chi connectivity index (χ4n) is 3.70. The summed E-state index contributed by atoms with van der Waals surface area (Å²) in [6.45, 7) is 0.823. The highest BCUT2D eigenvalue weighted by Gasteiger charge is 2.34. The van der Waals surface area contributed by atoms with Crippen molar-refractivity contribution in [2.24, 2.45) is 0 Å². The maximum Gasteiger partial charge on any atom is 0.252 e. The number of nitrogens with zero attached hydrogens (tertiary/aromatic N) is 2. The molecule has 0 aliphatic rings. The van der Waals surface area contributed by atoms with Crippen LogP contribution < -0.4 is 5.32 Å². The van der Waals surface area contributed by atoms with E-state index in [-0.39, 0.29) is 23.2 Å². The molecule has 0 aliphatic carbocycles. The summed E-state index contributed by atoms with van der Waals surface area (Å²) in [5.74, 6) is -1.24. The number of aromatic amines is 1. The van der Waals surface area contributed by atoms with Crippen LogP contribution in [-0.4, -0.2) is 49.6 Å². The molecule has 0 radical (unpaired) electrons. The molecule has 0 bridgehead atoms. The maximum absolute atomic E-state index is 15.0. The molecule has 2 aromatic carbocycles. The number of carbonyl (C=O) groups is 1. The van der Waals surface area contributed by atoms with E-state index in [2.05, 4.69) is 20.5 Å². The first kappa shape index (κ1) is 24.5. The summed E-state index contributed by atoms with van der Waals surface area (Å²) < 4.78 is 15.0. The summed E-state index contributed by atoms with van der Waals surface area (Å²) in [7, 11) is 0. The highest BCUT2D eigenvalue weighted by molar-refractivity contribution is 6.30. The number of hydrogen-bond donors (Lipinski definition) is 4. The van der Waals surface area contributed by atoms with Gasteiger partial charge in [0.05, 0.1) is 35.2 Å². The molecule has 4 N–H and O–H groups in total. The molecule has 35 heavy (non-hydrogen) atoms. The average molecular weight is 495 g/mol. The van der Waals surface area contributed by atoms with Gasteiger partial charge in [-0.2, -0.15) is 5.10 Å². The second-order valence-electron chi connectivity index (χ2n) is 8.40. The van der Waals surface area contributed by atoms with Gasteiger partial charge in [0, 0.05) is 23.3 Å². The van der Waals surface area contributed by atoms with Gasteiger partial charge in [0.15, 0.2) is 0 Å². The van der Waals surface area contributed by atoms with Crippen molar-refractivity contribution >= 4 is 17.5 Å². The average Bonchev–Trinajstić information content (AvgIpc) is 3.34. The number of aromatic nitrogens is 3. The Hall–Kier alpha value is -3.59. The smallest absolute Gasteiger partial charge is 0.252 e. The number of H-pyrrole nitrogens is 1. The summed E-state index contributed by atoms with van der Waals surface area (Å²) in [4.78, 5) is 17.6. The van der Waals surface area contributed by atoms with E-state index in [0.29, 0.717) is 16.4 Å². The van der Waals surface area contributed by atoms with E-state index in [0.717, 1.165) is 5.56 Å². The number of carbonyl (C=O) groups excluding carboxylic acids is 1. The van der Waals surface area contributed by atoms with Crippen molar-refractivity contribution in [1.29, 1.82) is 0 Å². The van der Waals surface area contributed by atoms with E-state index >= 15 is 0 Å². The Kier molecular flexibility index (Phi) is 7.25. The van der Waals surface area contributed by atoms with Gasteiger partial charge >= 0.3 is 0 Å². The van der Waals surface area contributed by atoms with Crippen molar-refractivity contribution in [3.8, 4) is 22.5 Å². The highest BCUT2D eigenvalue weighted by Crippen LogP contribution is 2.30. The molecule has 1 amide bonds. The molecular formula is C26H24ClFN4O3. The number of halogens is 2. The summed E-state index contributed by atoms with van der Waals surface area (Å²) >= 11 is 5.95. The lowest BCUT2D eigenvalue weighted by atomic mass is 9.92. The first-order valence-corrected chi connectivity index (χ1v) is 11.3. The molecular weight excluding hydrogens is 471 g/mol. The van der Waals surface area contributed by atoms with Crippen LogP contribution in [0.4, 0.5) is 4.39 Å².